The van der Waals surface area contributed by atoms with E-state index >= 15 is 0 Å². The third kappa shape index (κ3) is 2.82. The molecule has 8 heteroatoms. The average molecular weight is 334 g/mol. The Kier molecular flexibility index (Phi) is 3.64. The highest BCUT2D eigenvalue weighted by Crippen LogP contribution is 2.27. The number of hydrogen-bond acceptors (Lipinski definition) is 6. The zero-order valence-corrected chi connectivity index (χ0v) is 14.1. The van der Waals surface area contributed by atoms with Gasteiger partial charge in [0.2, 0.25) is 5.95 Å². The first kappa shape index (κ1) is 15.3. The first-order chi connectivity index (χ1) is 12.1. The Morgan fingerprint density at radius 1 is 1.16 bits per heavy atom. The first-order valence-electron chi connectivity index (χ1n) is 8.08. The topological polar surface area (TPSA) is 100 Å². The molecule has 0 aliphatic heterocycles. The van der Waals surface area contributed by atoms with Crippen molar-refractivity contribution >= 4 is 16.9 Å². The number of nitrogens with two attached hydrogens (primary N) is 1. The minimum absolute atomic E-state index is 0.239. The van der Waals surface area contributed by atoms with Crippen LogP contribution in [0.4, 0.5) is 5.95 Å². The summed E-state index contributed by atoms with van der Waals surface area (Å²) in [5.74, 6) is 0.239. The highest BCUT2D eigenvalue weighted by molar-refractivity contribution is 5.93. The van der Waals surface area contributed by atoms with Crippen molar-refractivity contribution in [3.63, 3.8) is 0 Å². The molecule has 0 atom stereocenters. The molecule has 0 amide bonds. The van der Waals surface area contributed by atoms with Crippen LogP contribution in [-0.4, -0.2) is 34.7 Å². The summed E-state index contributed by atoms with van der Waals surface area (Å²) in [6, 6.07) is 7.99. The molecule has 0 saturated heterocycles. The standard InChI is InChI=1S/C17H18N8/c1-3-11-5-4-6-13-15(11)19-17(18)20-16(13)14-10-25(23-21-14)9-12-7-8-24(2)22-12/h4-8,10H,3,9H2,1-2H3,(H2,18,19,20). The van der Waals surface area contributed by atoms with Crippen molar-refractivity contribution < 1.29 is 0 Å². The van der Waals surface area contributed by atoms with Crippen molar-refractivity contribution in [3.8, 4) is 11.4 Å². The number of hydrogen-bond donors (Lipinski definition) is 1. The molecule has 4 rings (SSSR count). The van der Waals surface area contributed by atoms with E-state index in [0.717, 1.165) is 28.6 Å². The summed E-state index contributed by atoms with van der Waals surface area (Å²) >= 11 is 0. The second-order valence-electron chi connectivity index (χ2n) is 5.88. The highest BCUT2D eigenvalue weighted by atomic mass is 15.4. The molecule has 0 radical (unpaired) electrons. The Hall–Kier alpha value is -3.29. The fourth-order valence-corrected chi connectivity index (χ4v) is 2.91. The summed E-state index contributed by atoms with van der Waals surface area (Å²) in [6.07, 6.45) is 4.63. The van der Waals surface area contributed by atoms with Crippen LogP contribution in [0.3, 0.4) is 0 Å². The van der Waals surface area contributed by atoms with E-state index in [2.05, 4.69) is 38.4 Å². The van der Waals surface area contributed by atoms with E-state index in [0.29, 0.717) is 17.9 Å². The van der Waals surface area contributed by atoms with Crippen molar-refractivity contribution in [3.05, 3.63) is 47.9 Å². The fourth-order valence-electron chi connectivity index (χ4n) is 2.91. The molecule has 2 N–H and O–H groups in total. The molecule has 1 aromatic carbocycles. The van der Waals surface area contributed by atoms with Gasteiger partial charge in [0.15, 0.2) is 0 Å². The molecule has 3 heterocycles. The van der Waals surface area contributed by atoms with Crippen LogP contribution < -0.4 is 5.73 Å². The molecule has 0 aliphatic carbocycles. The number of nitrogens with zero attached hydrogens (tertiary/aromatic N) is 7. The lowest BCUT2D eigenvalue weighted by atomic mass is 10.1. The van der Waals surface area contributed by atoms with Crippen LogP contribution in [0.2, 0.25) is 0 Å². The Morgan fingerprint density at radius 3 is 2.80 bits per heavy atom. The number of aromatic nitrogens is 7. The fraction of sp³-hybridized carbons (Fsp3) is 0.235. The largest absolute Gasteiger partial charge is 0.368 e. The molecule has 4 aromatic rings. The smallest absolute Gasteiger partial charge is 0.221 e. The van der Waals surface area contributed by atoms with Crippen molar-refractivity contribution in [1.82, 2.24) is 34.7 Å². The third-order valence-electron chi connectivity index (χ3n) is 4.08. The van der Waals surface area contributed by atoms with E-state index in [4.69, 9.17) is 5.73 Å². The maximum Gasteiger partial charge on any atom is 0.221 e. The van der Waals surface area contributed by atoms with Crippen molar-refractivity contribution in [1.29, 1.82) is 0 Å². The quantitative estimate of drug-likeness (QED) is 0.611. The molecule has 0 saturated carbocycles. The number of aryl methyl sites for hydroxylation is 2. The molecule has 0 fully saturated rings. The lowest BCUT2D eigenvalue weighted by Crippen LogP contribution is -2.02. The Labute approximate surface area is 144 Å². The van der Waals surface area contributed by atoms with Gasteiger partial charge < -0.3 is 5.73 Å². The zero-order chi connectivity index (χ0) is 17.4. The van der Waals surface area contributed by atoms with E-state index in [1.807, 2.05) is 37.6 Å². The summed E-state index contributed by atoms with van der Waals surface area (Å²) in [7, 11) is 1.89. The van der Waals surface area contributed by atoms with Crippen LogP contribution in [0.25, 0.3) is 22.3 Å². The normalized spacial score (nSPS) is 11.3. The van der Waals surface area contributed by atoms with E-state index in [1.165, 1.54) is 0 Å². The van der Waals surface area contributed by atoms with Gasteiger partial charge >= 0.3 is 0 Å². The number of nitrogen functional groups attached to an aromatic ring is 1. The van der Waals surface area contributed by atoms with Gasteiger partial charge in [0.25, 0.3) is 0 Å². The monoisotopic (exact) mass is 334 g/mol. The molecule has 8 nitrogen and oxygen atoms in total. The minimum Gasteiger partial charge on any atom is -0.368 e. The maximum absolute atomic E-state index is 5.93. The lowest BCUT2D eigenvalue weighted by Gasteiger charge is -2.07. The molecule has 0 bridgehead atoms. The van der Waals surface area contributed by atoms with Crippen LogP contribution in [0.1, 0.15) is 18.2 Å². The van der Waals surface area contributed by atoms with Gasteiger partial charge in [-0.3, -0.25) is 4.68 Å². The summed E-state index contributed by atoms with van der Waals surface area (Å²) < 4.78 is 3.50. The van der Waals surface area contributed by atoms with Gasteiger partial charge in [0, 0.05) is 18.6 Å². The Bertz CT molecular complexity index is 1050. The van der Waals surface area contributed by atoms with Crippen LogP contribution in [0.5, 0.6) is 0 Å². The lowest BCUT2D eigenvalue weighted by molar-refractivity contribution is 0.624. The highest BCUT2D eigenvalue weighted by Gasteiger charge is 2.14. The predicted octanol–water partition coefficient (Wildman–Crippen LogP) is 1.81. The van der Waals surface area contributed by atoms with Crippen LogP contribution >= 0.6 is 0 Å². The minimum atomic E-state index is 0.239. The second-order valence-corrected chi connectivity index (χ2v) is 5.88. The second kappa shape index (κ2) is 5.97. The Balaban J connectivity index is 1.77. The van der Waals surface area contributed by atoms with Gasteiger partial charge in [0.1, 0.15) is 11.4 Å². The SMILES string of the molecule is CCc1cccc2c(-c3cn(Cc4ccn(C)n4)nn3)nc(N)nc12. The number of fused-ring (bicyclic) bond motifs is 1. The molecule has 25 heavy (non-hydrogen) atoms. The van der Waals surface area contributed by atoms with Crippen molar-refractivity contribution in [2.45, 2.75) is 19.9 Å². The van der Waals surface area contributed by atoms with Gasteiger partial charge in [-0.05, 0) is 18.1 Å². The number of anilines is 1. The van der Waals surface area contributed by atoms with E-state index in [9.17, 15) is 0 Å². The van der Waals surface area contributed by atoms with Crippen molar-refractivity contribution in [2.75, 3.05) is 5.73 Å². The Morgan fingerprint density at radius 2 is 2.04 bits per heavy atom. The van der Waals surface area contributed by atoms with E-state index in [1.54, 1.807) is 9.36 Å². The third-order valence-corrected chi connectivity index (χ3v) is 4.08. The molecule has 3 aromatic heterocycles. The van der Waals surface area contributed by atoms with Crippen LogP contribution in [-0.2, 0) is 20.0 Å². The summed E-state index contributed by atoms with van der Waals surface area (Å²) in [5, 5.41) is 13.7. The van der Waals surface area contributed by atoms with Gasteiger partial charge in [0.05, 0.1) is 24.0 Å². The molecular weight excluding hydrogens is 316 g/mol. The maximum atomic E-state index is 5.93. The summed E-state index contributed by atoms with van der Waals surface area (Å²) in [5.41, 5.74) is 10.2. The van der Waals surface area contributed by atoms with Gasteiger partial charge in [-0.15, -0.1) is 5.10 Å². The van der Waals surface area contributed by atoms with Crippen LogP contribution in [0.15, 0.2) is 36.7 Å². The zero-order valence-electron chi connectivity index (χ0n) is 14.1. The first-order valence-corrected chi connectivity index (χ1v) is 8.08. The average Bonchev–Trinajstić information content (AvgIpc) is 3.23. The summed E-state index contributed by atoms with van der Waals surface area (Å²) in [6.45, 7) is 2.64. The van der Waals surface area contributed by atoms with E-state index < -0.39 is 0 Å². The van der Waals surface area contributed by atoms with Crippen molar-refractivity contribution in [2.24, 2.45) is 7.05 Å². The molecule has 0 aliphatic rings. The molecule has 126 valence electrons. The van der Waals surface area contributed by atoms with E-state index in [-0.39, 0.29) is 5.95 Å². The number of rotatable bonds is 4. The molecular formula is C17H18N8. The van der Waals surface area contributed by atoms with Gasteiger partial charge in [-0.2, -0.15) is 5.10 Å². The van der Waals surface area contributed by atoms with Gasteiger partial charge in [-0.25, -0.2) is 14.6 Å². The number of para-hydroxylation sites is 1. The molecule has 0 spiro atoms. The summed E-state index contributed by atoms with van der Waals surface area (Å²) in [4.78, 5) is 8.81. The molecule has 0 unspecified atom stereocenters. The predicted molar refractivity (Wildman–Crippen MR) is 94.7 cm³/mol. The van der Waals surface area contributed by atoms with Crippen LogP contribution in [0, 0.1) is 0 Å². The number of benzene rings is 1. The van der Waals surface area contributed by atoms with Gasteiger partial charge in [-0.1, -0.05) is 30.3 Å².